The van der Waals surface area contributed by atoms with Gasteiger partial charge in [0.15, 0.2) is 0 Å². The van der Waals surface area contributed by atoms with Crippen LogP contribution < -0.4 is 0 Å². The molecular weight excluding hydrogens is 288 g/mol. The second kappa shape index (κ2) is 5.81. The number of hydrogen-bond acceptors (Lipinski definition) is 3. The Balaban J connectivity index is 1.86. The lowest BCUT2D eigenvalue weighted by Gasteiger charge is -2.34. The van der Waals surface area contributed by atoms with E-state index >= 15 is 0 Å². The number of nitrogens with zero attached hydrogens (tertiary/aromatic N) is 2. The molecule has 1 N–H and O–H groups in total. The Bertz CT molecular complexity index is 649. The highest BCUT2D eigenvalue weighted by atomic mass is 32.2. The molecule has 1 aliphatic heterocycles. The second-order valence-electron chi connectivity index (χ2n) is 5.09. The first kappa shape index (κ1) is 14.0. The highest BCUT2D eigenvalue weighted by molar-refractivity contribution is 7.99. The quantitative estimate of drug-likeness (QED) is 0.942. The SMILES string of the molecule is O=C(O)CC1CSCCN1C(=O)c1cc2ccccn2c1. The third kappa shape index (κ3) is 2.90. The molecule has 0 aliphatic carbocycles. The molecule has 0 aromatic carbocycles. The normalized spacial score (nSPS) is 18.9. The topological polar surface area (TPSA) is 62.0 Å². The molecule has 0 radical (unpaired) electrons. The van der Waals surface area contributed by atoms with Gasteiger partial charge in [0.25, 0.3) is 5.91 Å². The lowest BCUT2D eigenvalue weighted by molar-refractivity contribution is -0.138. The van der Waals surface area contributed by atoms with E-state index in [1.54, 1.807) is 22.9 Å². The summed E-state index contributed by atoms with van der Waals surface area (Å²) in [4.78, 5) is 25.3. The number of aromatic nitrogens is 1. The van der Waals surface area contributed by atoms with Crippen LogP contribution in [0, 0.1) is 0 Å². The van der Waals surface area contributed by atoms with E-state index in [9.17, 15) is 9.59 Å². The fourth-order valence-electron chi connectivity index (χ4n) is 2.63. The Kier molecular flexibility index (Phi) is 3.88. The number of carboxylic acid groups (broad SMARTS) is 1. The lowest BCUT2D eigenvalue weighted by Crippen LogP contribution is -2.47. The van der Waals surface area contributed by atoms with Crippen molar-refractivity contribution < 1.29 is 14.7 Å². The van der Waals surface area contributed by atoms with E-state index in [1.807, 2.05) is 34.9 Å². The van der Waals surface area contributed by atoms with Gasteiger partial charge in [0.1, 0.15) is 0 Å². The summed E-state index contributed by atoms with van der Waals surface area (Å²) in [5, 5.41) is 9.00. The van der Waals surface area contributed by atoms with Crippen molar-refractivity contribution in [2.45, 2.75) is 12.5 Å². The molecular formula is C15H16N2O3S. The molecule has 1 saturated heterocycles. The van der Waals surface area contributed by atoms with Crippen LogP contribution in [0.15, 0.2) is 36.7 Å². The molecule has 21 heavy (non-hydrogen) atoms. The van der Waals surface area contributed by atoms with Crippen molar-refractivity contribution in [3.8, 4) is 0 Å². The average Bonchev–Trinajstić information content (AvgIpc) is 2.90. The molecule has 3 heterocycles. The number of pyridine rings is 1. The van der Waals surface area contributed by atoms with Gasteiger partial charge in [0.05, 0.1) is 18.0 Å². The van der Waals surface area contributed by atoms with Gasteiger partial charge in [0, 0.05) is 36.0 Å². The summed E-state index contributed by atoms with van der Waals surface area (Å²) in [5.41, 5.74) is 1.57. The Labute approximate surface area is 126 Å². The predicted molar refractivity (Wildman–Crippen MR) is 81.8 cm³/mol. The van der Waals surface area contributed by atoms with E-state index in [0.29, 0.717) is 17.9 Å². The third-order valence-corrected chi connectivity index (χ3v) is 4.74. The van der Waals surface area contributed by atoms with E-state index in [0.717, 1.165) is 11.3 Å². The van der Waals surface area contributed by atoms with Crippen LogP contribution in [0.3, 0.4) is 0 Å². The Morgan fingerprint density at radius 1 is 1.38 bits per heavy atom. The smallest absolute Gasteiger partial charge is 0.305 e. The third-order valence-electron chi connectivity index (χ3n) is 3.65. The van der Waals surface area contributed by atoms with E-state index in [1.165, 1.54) is 0 Å². The van der Waals surface area contributed by atoms with Gasteiger partial charge in [0.2, 0.25) is 0 Å². The van der Waals surface area contributed by atoms with Gasteiger partial charge < -0.3 is 14.4 Å². The molecule has 0 bridgehead atoms. The minimum atomic E-state index is -0.859. The summed E-state index contributed by atoms with van der Waals surface area (Å²) < 4.78 is 1.90. The highest BCUT2D eigenvalue weighted by Crippen LogP contribution is 2.22. The van der Waals surface area contributed by atoms with Crippen molar-refractivity contribution in [3.63, 3.8) is 0 Å². The fraction of sp³-hybridized carbons (Fsp3) is 0.333. The van der Waals surface area contributed by atoms with Crippen molar-refractivity contribution in [1.82, 2.24) is 9.30 Å². The maximum Gasteiger partial charge on any atom is 0.305 e. The minimum absolute atomic E-state index is 0.00606. The zero-order valence-corrected chi connectivity index (χ0v) is 12.3. The number of carbonyl (C=O) groups is 2. The maximum atomic E-state index is 12.7. The molecule has 0 spiro atoms. The Morgan fingerprint density at radius 2 is 2.24 bits per heavy atom. The van der Waals surface area contributed by atoms with Crippen molar-refractivity contribution in [2.75, 3.05) is 18.1 Å². The summed E-state index contributed by atoms with van der Waals surface area (Å²) in [6.45, 7) is 0.605. The minimum Gasteiger partial charge on any atom is -0.481 e. The fourth-order valence-corrected chi connectivity index (χ4v) is 3.69. The molecule has 6 heteroatoms. The van der Waals surface area contributed by atoms with Crippen LogP contribution >= 0.6 is 11.8 Å². The summed E-state index contributed by atoms with van der Waals surface area (Å²) in [6, 6.07) is 7.40. The first-order chi connectivity index (χ1) is 10.1. The molecule has 0 saturated carbocycles. The number of fused-ring (bicyclic) bond motifs is 1. The monoisotopic (exact) mass is 304 g/mol. The van der Waals surface area contributed by atoms with E-state index in [4.69, 9.17) is 5.11 Å². The van der Waals surface area contributed by atoms with E-state index < -0.39 is 5.97 Å². The zero-order chi connectivity index (χ0) is 14.8. The molecule has 1 atom stereocenters. The largest absolute Gasteiger partial charge is 0.481 e. The average molecular weight is 304 g/mol. The van der Waals surface area contributed by atoms with Gasteiger partial charge >= 0.3 is 5.97 Å². The molecule has 1 aliphatic rings. The van der Waals surface area contributed by atoms with Gasteiger partial charge in [-0.15, -0.1) is 0 Å². The van der Waals surface area contributed by atoms with E-state index in [2.05, 4.69) is 0 Å². The van der Waals surface area contributed by atoms with Crippen LogP contribution in [0.4, 0.5) is 0 Å². The molecule has 5 nitrogen and oxygen atoms in total. The predicted octanol–water partition coefficient (Wildman–Crippen LogP) is 1.97. The number of thioether (sulfide) groups is 1. The second-order valence-corrected chi connectivity index (χ2v) is 6.24. The summed E-state index contributed by atoms with van der Waals surface area (Å²) >= 11 is 1.70. The van der Waals surface area contributed by atoms with Gasteiger partial charge in [-0.2, -0.15) is 11.8 Å². The standard InChI is InChI=1S/C15H16N2O3S/c18-14(19)8-13-10-21-6-5-17(13)15(20)11-7-12-3-1-2-4-16(12)9-11/h1-4,7,9,13H,5-6,8,10H2,(H,18,19). The maximum absolute atomic E-state index is 12.7. The first-order valence-corrected chi connectivity index (χ1v) is 7.98. The summed E-state index contributed by atoms with van der Waals surface area (Å²) in [7, 11) is 0. The number of aliphatic carboxylic acids is 1. The van der Waals surface area contributed by atoms with Gasteiger partial charge in [-0.1, -0.05) is 6.07 Å². The number of hydrogen-bond donors (Lipinski definition) is 1. The van der Waals surface area contributed by atoms with Crippen LogP contribution in [-0.2, 0) is 4.79 Å². The molecule has 110 valence electrons. The van der Waals surface area contributed by atoms with Crippen molar-refractivity contribution in [3.05, 3.63) is 42.2 Å². The van der Waals surface area contributed by atoms with Crippen molar-refractivity contribution in [2.24, 2.45) is 0 Å². The molecule has 1 amide bonds. The summed E-state index contributed by atoms with van der Waals surface area (Å²) in [5.74, 6) is 0.605. The van der Waals surface area contributed by atoms with E-state index in [-0.39, 0.29) is 18.4 Å². The highest BCUT2D eigenvalue weighted by Gasteiger charge is 2.29. The first-order valence-electron chi connectivity index (χ1n) is 6.82. The van der Waals surface area contributed by atoms with Crippen LogP contribution in [0.5, 0.6) is 0 Å². The Hall–Kier alpha value is -1.95. The Morgan fingerprint density at radius 3 is 3.00 bits per heavy atom. The number of carboxylic acids is 1. The molecule has 1 unspecified atom stereocenters. The van der Waals surface area contributed by atoms with Gasteiger partial charge in [-0.05, 0) is 18.2 Å². The van der Waals surface area contributed by atoms with Crippen LogP contribution in [-0.4, -0.2) is 50.4 Å². The van der Waals surface area contributed by atoms with Gasteiger partial charge in [-0.25, -0.2) is 0 Å². The number of carbonyl (C=O) groups excluding carboxylic acids is 1. The number of rotatable bonds is 3. The van der Waals surface area contributed by atoms with Crippen molar-refractivity contribution in [1.29, 1.82) is 0 Å². The molecule has 2 aromatic rings. The van der Waals surface area contributed by atoms with Gasteiger partial charge in [-0.3, -0.25) is 9.59 Å². The van der Waals surface area contributed by atoms with Crippen LogP contribution in [0.1, 0.15) is 16.8 Å². The molecule has 3 rings (SSSR count). The molecule has 2 aromatic heterocycles. The van der Waals surface area contributed by atoms with Crippen LogP contribution in [0.2, 0.25) is 0 Å². The lowest BCUT2D eigenvalue weighted by atomic mass is 10.1. The summed E-state index contributed by atoms with van der Waals surface area (Å²) in [6.07, 6.45) is 3.70. The van der Waals surface area contributed by atoms with Crippen LogP contribution in [0.25, 0.3) is 5.52 Å². The zero-order valence-electron chi connectivity index (χ0n) is 11.4. The van der Waals surface area contributed by atoms with Crippen molar-refractivity contribution >= 4 is 29.2 Å². The molecule has 1 fully saturated rings. The number of amides is 1.